The summed E-state index contributed by atoms with van der Waals surface area (Å²) >= 11 is 0.275. The number of rotatable bonds is 8. The maximum Gasteiger partial charge on any atom is 0.426 e. The number of nitrogens with zero attached hydrogens (tertiary/aromatic N) is 8. The van der Waals surface area contributed by atoms with Gasteiger partial charge in [-0.1, -0.05) is 78.3 Å². The van der Waals surface area contributed by atoms with E-state index in [1.807, 2.05) is 84.4 Å². The van der Waals surface area contributed by atoms with Crippen LogP contribution in [0.3, 0.4) is 0 Å². The van der Waals surface area contributed by atoms with Crippen LogP contribution in [-0.4, -0.2) is 89.7 Å². The molecule has 6 bridgehead atoms. The number of hydrazine groups is 2. The van der Waals surface area contributed by atoms with E-state index in [-0.39, 0.29) is 50.1 Å². The van der Waals surface area contributed by atoms with Crippen LogP contribution in [0.4, 0.5) is 24.8 Å². The van der Waals surface area contributed by atoms with Gasteiger partial charge >= 0.3 is 23.8 Å². The third-order valence-corrected chi connectivity index (χ3v) is 15.8. The maximum absolute atomic E-state index is 15.9. The number of halogens is 3. The minimum absolute atomic E-state index is 0.0164. The first-order valence-corrected chi connectivity index (χ1v) is 24.5. The number of anilines is 1. The molecule has 0 fully saturated rings. The third kappa shape index (κ3) is 6.16. The van der Waals surface area contributed by atoms with Crippen molar-refractivity contribution in [2.24, 2.45) is 29.1 Å². The quantitative estimate of drug-likeness (QED) is 0.0752. The first-order chi connectivity index (χ1) is 37.2. The maximum atomic E-state index is 15.9. The highest BCUT2D eigenvalue weighted by molar-refractivity contribution is 7.14. The summed E-state index contributed by atoms with van der Waals surface area (Å²) in [5.41, 5.74) is 4.06. The normalized spacial score (nSPS) is 15.4. The van der Waals surface area contributed by atoms with Crippen LogP contribution < -0.4 is 50.2 Å². The minimum atomic E-state index is -5.02. The number of alkyl halides is 3. The molecule has 0 spiro atoms. The monoisotopic (exact) mass is 1060 g/mol. The van der Waals surface area contributed by atoms with Crippen LogP contribution >= 0.6 is 11.3 Å². The van der Waals surface area contributed by atoms with Crippen LogP contribution in [0.25, 0.3) is 59.9 Å². The zero-order chi connectivity index (χ0) is 53.7. The second-order valence-electron chi connectivity index (χ2n) is 18.2. The molecule has 18 nitrogen and oxygen atoms in total. The van der Waals surface area contributed by atoms with E-state index >= 15 is 13.2 Å². The molecule has 384 valence electrons. The van der Waals surface area contributed by atoms with Crippen molar-refractivity contribution in [3.8, 4) is 40.6 Å². The molecule has 13 rings (SSSR count). The van der Waals surface area contributed by atoms with Gasteiger partial charge in [0.2, 0.25) is 6.17 Å². The Morgan fingerprint density at radius 1 is 0.675 bits per heavy atom. The predicted molar refractivity (Wildman–Crippen MR) is 281 cm³/mol. The van der Waals surface area contributed by atoms with Crippen molar-refractivity contribution < 1.29 is 60.9 Å². The molecular weight excluding hydrogens is 1020 g/mol. The molecule has 6 aromatic carbocycles. The molecule has 9 aromatic rings. The lowest BCUT2D eigenvalue weighted by molar-refractivity contribution is -0.786. The molecule has 0 saturated heterocycles. The van der Waals surface area contributed by atoms with Crippen molar-refractivity contribution in [3.05, 3.63) is 121 Å². The van der Waals surface area contributed by atoms with Crippen molar-refractivity contribution in [3.63, 3.8) is 0 Å². The number of carboxylic acids is 1. The summed E-state index contributed by atoms with van der Waals surface area (Å²) in [5, 5.41) is 28.6. The number of nitriles is 1. The topological polar surface area (TPSA) is 193 Å². The van der Waals surface area contributed by atoms with Gasteiger partial charge in [0.1, 0.15) is 78.8 Å². The molecule has 22 heteroatoms. The zero-order valence-electron chi connectivity index (χ0n) is 42.0. The fourth-order valence-electron chi connectivity index (χ4n) is 11.6. The second-order valence-corrected chi connectivity index (χ2v) is 19.3. The summed E-state index contributed by atoms with van der Waals surface area (Å²) in [6.45, 7) is 0. The Morgan fingerprint density at radius 3 is 1.70 bits per heavy atom. The summed E-state index contributed by atoms with van der Waals surface area (Å²) in [6.07, 6.45) is -5.17. The highest BCUT2D eigenvalue weighted by Gasteiger charge is 2.52. The van der Waals surface area contributed by atoms with E-state index in [1.165, 1.54) is 32.9 Å². The van der Waals surface area contributed by atoms with Gasteiger partial charge in [-0.15, -0.1) is 16.0 Å². The van der Waals surface area contributed by atoms with Gasteiger partial charge in [0.05, 0.1) is 64.6 Å². The molecule has 0 aliphatic carbocycles. The number of carboxylic acid groups (broad SMARTS) is 1. The summed E-state index contributed by atoms with van der Waals surface area (Å²) in [5.74, 6) is 1.87. The number of nitrogens with one attached hydrogen (secondary N) is 2. The number of aliphatic carboxylic acids is 1. The van der Waals surface area contributed by atoms with E-state index in [1.54, 1.807) is 36.8 Å². The minimum Gasteiger partial charge on any atom is -0.496 e. The van der Waals surface area contributed by atoms with E-state index in [4.69, 9.17) is 43.4 Å². The van der Waals surface area contributed by atoms with Crippen LogP contribution in [0.2, 0.25) is 0 Å². The number of thiophene rings is 1. The average Bonchev–Trinajstić information content (AvgIpc) is 4.26. The Bertz CT molecular complexity index is 4560. The Kier molecular flexibility index (Phi) is 10.2. The largest absolute Gasteiger partial charge is 0.496 e. The molecule has 0 saturated carbocycles. The van der Waals surface area contributed by atoms with Gasteiger partial charge in [0.25, 0.3) is 17.1 Å². The lowest BCUT2D eigenvalue weighted by atomic mass is 9.97. The lowest BCUT2D eigenvalue weighted by Gasteiger charge is -2.22. The molecule has 4 aliphatic heterocycles. The van der Waals surface area contributed by atoms with Crippen LogP contribution in [0.1, 0.15) is 38.2 Å². The first kappa shape index (κ1) is 47.1. The van der Waals surface area contributed by atoms with Crippen molar-refractivity contribution in [1.82, 2.24) is 14.7 Å². The number of aromatic nitrogens is 2. The smallest absolute Gasteiger partial charge is 0.426 e. The van der Waals surface area contributed by atoms with Crippen molar-refractivity contribution in [1.29, 1.82) is 5.26 Å². The van der Waals surface area contributed by atoms with Gasteiger partial charge in [0, 0.05) is 56.7 Å². The van der Waals surface area contributed by atoms with Crippen molar-refractivity contribution >= 4 is 106 Å². The van der Waals surface area contributed by atoms with E-state index < -0.39 is 34.1 Å². The molecule has 1 unspecified atom stereocenters. The Balaban J connectivity index is 1.34. The average molecular weight is 1060 g/mol. The molecule has 0 amide bonds. The second kappa shape index (κ2) is 16.7. The zero-order valence-corrected chi connectivity index (χ0v) is 42.8. The van der Waals surface area contributed by atoms with Crippen LogP contribution in [0.5, 0.6) is 34.5 Å². The van der Waals surface area contributed by atoms with Crippen LogP contribution in [0.15, 0.2) is 93.3 Å². The number of amidine groups is 3. The van der Waals surface area contributed by atoms with E-state index in [0.29, 0.717) is 101 Å². The van der Waals surface area contributed by atoms with Gasteiger partial charge in [-0.3, -0.25) is 9.13 Å². The number of hydrogen-bond acceptors (Lipinski definition) is 14. The van der Waals surface area contributed by atoms with Gasteiger partial charge in [0.15, 0.2) is 0 Å². The molecule has 0 radical (unpaired) electrons. The first-order valence-electron chi connectivity index (χ1n) is 23.7. The number of fused-ring (bicyclic) bond motifs is 19. The summed E-state index contributed by atoms with van der Waals surface area (Å²) < 4.78 is 92.6. The van der Waals surface area contributed by atoms with E-state index in [9.17, 15) is 15.2 Å². The molecule has 3 aromatic heterocycles. The summed E-state index contributed by atoms with van der Waals surface area (Å²) in [7, 11) is 12.6. The number of benzene rings is 6. The molecule has 77 heavy (non-hydrogen) atoms. The fourth-order valence-corrected chi connectivity index (χ4v) is 12.7. The van der Waals surface area contributed by atoms with Gasteiger partial charge < -0.3 is 38.8 Å². The fraction of sp³-hybridized carbons (Fsp3) is 0.182. The lowest BCUT2D eigenvalue weighted by Crippen LogP contribution is -2.47. The molecule has 1 atom stereocenters. The van der Waals surface area contributed by atoms with Crippen molar-refractivity contribution in [2.45, 2.75) is 12.3 Å². The predicted octanol–water partition coefficient (Wildman–Crippen LogP) is 8.37. The molecule has 4 aliphatic rings. The van der Waals surface area contributed by atoms with Crippen molar-refractivity contribution in [2.75, 3.05) is 48.0 Å². The number of ether oxygens (including phenoxy) is 6. The number of aliphatic imine (C=N–C) groups is 1. The van der Waals surface area contributed by atoms with Gasteiger partial charge in [-0.2, -0.15) is 23.4 Å². The molecular formula is C55H41F3N10O8S+2. The summed E-state index contributed by atoms with van der Waals surface area (Å²) in [6, 6.07) is 24.2. The van der Waals surface area contributed by atoms with Crippen LogP contribution in [-0.2, 0) is 25.1 Å². The number of hydrazone groups is 2. The Morgan fingerprint density at radius 2 is 1.17 bits per heavy atom. The number of hydrogen-bond donors (Lipinski definition) is 3. The molecule has 7 heterocycles. The standard InChI is InChI=1S/C55H39F3N10O8S/c1-65-46-31-30(21-23(22-59)54(69)70)77-45(55(56,57)58)38(31)49(65)63-53-37-36(43(75-7)28-19-13-14-20-29(28)44(37)76-8)52-62-48-33-32(39(71-3)24-15-9-10-16-25(24)40(33)72-4)47(66(48)2)61-51-35-34(50(60-46)67(51)64-68(52)53)41(73-5)26-17-11-12-18-27(26)42(35)74-6/h9-21,51,64H,1-8H3/p+2. The highest BCUT2D eigenvalue weighted by atomic mass is 32.1. The molecule has 3 N–H and O–H groups in total. The Hall–Kier alpha value is -9.62. The van der Waals surface area contributed by atoms with Crippen LogP contribution in [0, 0.1) is 11.3 Å². The number of carbonyl (C=O) groups is 1. The van der Waals surface area contributed by atoms with E-state index in [2.05, 4.69) is 10.9 Å². The SMILES string of the molecule is COc1c2c(c(OC)c3ccccc13)C1=[N+]3N[N+]4=C(N=c5c6c(C=C(C#N)C(=O)O)sc(C(F)(F)F)c6c(n5C)=N1)c1c(c(OC)c5ccccc5c1OC)C4Nc1c4c(OC)c5ccccc5c(OC)c4c(n1C)N=C23. The Labute approximate surface area is 436 Å². The van der Waals surface area contributed by atoms with E-state index in [0.717, 1.165) is 16.8 Å². The number of methoxy groups -OCH3 is 6. The van der Waals surface area contributed by atoms with Gasteiger partial charge in [-0.05, 0) is 20.7 Å². The third-order valence-electron chi connectivity index (χ3n) is 14.6. The van der Waals surface area contributed by atoms with Gasteiger partial charge in [-0.25, -0.2) is 4.79 Å². The highest BCUT2D eigenvalue weighted by Crippen LogP contribution is 2.55. The summed E-state index contributed by atoms with van der Waals surface area (Å²) in [4.78, 5) is 27.5.